The molecule has 2 atom stereocenters. The maximum Gasteiger partial charge on any atom is 0.326 e. The first-order valence-corrected chi connectivity index (χ1v) is 7.09. The highest BCUT2D eigenvalue weighted by Gasteiger charge is 2.34. The SMILES string of the molecule is CC1CCN(C(=O)NCCc2nncn2C)C(C(=O)O)C1. The molecular formula is C13H21N5O3. The number of amides is 2. The van der Waals surface area contributed by atoms with Gasteiger partial charge in [-0.05, 0) is 18.8 Å². The van der Waals surface area contributed by atoms with Crippen molar-refractivity contribution in [2.24, 2.45) is 13.0 Å². The summed E-state index contributed by atoms with van der Waals surface area (Å²) in [6.07, 6.45) is 3.50. The topological polar surface area (TPSA) is 100 Å². The van der Waals surface area contributed by atoms with Crippen LogP contribution in [0.15, 0.2) is 6.33 Å². The number of urea groups is 1. The summed E-state index contributed by atoms with van der Waals surface area (Å²) in [6, 6.07) is -1.06. The molecule has 21 heavy (non-hydrogen) atoms. The molecule has 1 aliphatic rings. The molecule has 116 valence electrons. The molecule has 1 aliphatic heterocycles. The Morgan fingerprint density at radius 3 is 2.90 bits per heavy atom. The van der Waals surface area contributed by atoms with Gasteiger partial charge in [-0.1, -0.05) is 6.92 Å². The van der Waals surface area contributed by atoms with Gasteiger partial charge in [-0.25, -0.2) is 9.59 Å². The van der Waals surface area contributed by atoms with Crippen molar-refractivity contribution in [3.63, 3.8) is 0 Å². The second kappa shape index (κ2) is 6.55. The van der Waals surface area contributed by atoms with E-state index >= 15 is 0 Å². The van der Waals surface area contributed by atoms with Gasteiger partial charge in [-0.3, -0.25) is 0 Å². The van der Waals surface area contributed by atoms with Gasteiger partial charge >= 0.3 is 12.0 Å². The molecule has 1 aromatic heterocycles. The number of aliphatic carboxylic acids is 1. The number of carbonyl (C=O) groups excluding carboxylic acids is 1. The molecule has 2 heterocycles. The maximum absolute atomic E-state index is 12.1. The minimum atomic E-state index is -0.940. The Hall–Kier alpha value is -2.12. The number of carbonyl (C=O) groups is 2. The van der Waals surface area contributed by atoms with E-state index in [0.29, 0.717) is 31.8 Å². The van der Waals surface area contributed by atoms with E-state index in [0.717, 1.165) is 12.2 Å². The zero-order valence-corrected chi connectivity index (χ0v) is 12.3. The van der Waals surface area contributed by atoms with Crippen molar-refractivity contribution in [3.8, 4) is 0 Å². The number of nitrogens with zero attached hydrogens (tertiary/aromatic N) is 4. The van der Waals surface area contributed by atoms with Crippen LogP contribution in [0.4, 0.5) is 4.79 Å². The number of rotatable bonds is 4. The summed E-state index contributed by atoms with van der Waals surface area (Å²) in [5.74, 6) is 0.163. The Kier molecular flexibility index (Phi) is 4.77. The van der Waals surface area contributed by atoms with Crippen LogP contribution in [-0.4, -0.2) is 55.9 Å². The molecule has 1 fully saturated rings. The van der Waals surface area contributed by atoms with Crippen LogP contribution in [0.3, 0.4) is 0 Å². The summed E-state index contributed by atoms with van der Waals surface area (Å²) >= 11 is 0. The Labute approximate surface area is 123 Å². The van der Waals surface area contributed by atoms with E-state index in [4.69, 9.17) is 0 Å². The Balaban J connectivity index is 1.87. The number of likely N-dealkylation sites (tertiary alicyclic amines) is 1. The van der Waals surface area contributed by atoms with Crippen LogP contribution in [0.25, 0.3) is 0 Å². The number of piperidine rings is 1. The van der Waals surface area contributed by atoms with Crippen LogP contribution in [-0.2, 0) is 18.3 Å². The standard InChI is InChI=1S/C13H21N5O3/c1-9-4-6-18(10(7-9)12(19)20)13(21)14-5-3-11-16-15-8-17(11)2/h8-10H,3-7H2,1-2H3,(H,14,21)(H,19,20). The second-order valence-corrected chi connectivity index (χ2v) is 5.52. The first kappa shape index (κ1) is 15.3. The molecule has 2 unspecified atom stereocenters. The van der Waals surface area contributed by atoms with Crippen LogP contribution >= 0.6 is 0 Å². The summed E-state index contributed by atoms with van der Waals surface area (Å²) in [5.41, 5.74) is 0. The van der Waals surface area contributed by atoms with Gasteiger partial charge in [0.25, 0.3) is 0 Å². The average molecular weight is 295 g/mol. The predicted molar refractivity (Wildman–Crippen MR) is 74.6 cm³/mol. The molecular weight excluding hydrogens is 274 g/mol. The van der Waals surface area contributed by atoms with E-state index < -0.39 is 12.0 Å². The molecule has 0 bridgehead atoms. The van der Waals surface area contributed by atoms with Gasteiger partial charge in [0.1, 0.15) is 18.2 Å². The Morgan fingerprint density at radius 1 is 1.52 bits per heavy atom. The monoisotopic (exact) mass is 295 g/mol. The fourth-order valence-corrected chi connectivity index (χ4v) is 2.53. The van der Waals surface area contributed by atoms with Gasteiger partial charge in [0.2, 0.25) is 0 Å². The van der Waals surface area contributed by atoms with Crippen LogP contribution < -0.4 is 5.32 Å². The highest BCUT2D eigenvalue weighted by atomic mass is 16.4. The molecule has 0 aliphatic carbocycles. The first-order chi connectivity index (χ1) is 9.99. The minimum Gasteiger partial charge on any atom is -0.480 e. The summed E-state index contributed by atoms with van der Waals surface area (Å²) in [4.78, 5) is 24.8. The van der Waals surface area contributed by atoms with Crippen molar-refractivity contribution >= 4 is 12.0 Å². The average Bonchev–Trinajstić information content (AvgIpc) is 2.84. The van der Waals surface area contributed by atoms with Gasteiger partial charge in [0.05, 0.1) is 0 Å². The largest absolute Gasteiger partial charge is 0.480 e. The first-order valence-electron chi connectivity index (χ1n) is 7.09. The number of hydrogen-bond donors (Lipinski definition) is 2. The van der Waals surface area contributed by atoms with Gasteiger partial charge in [-0.2, -0.15) is 0 Å². The van der Waals surface area contributed by atoms with Crippen LogP contribution in [0.1, 0.15) is 25.6 Å². The fourth-order valence-electron chi connectivity index (χ4n) is 2.53. The highest BCUT2D eigenvalue weighted by molar-refractivity contribution is 5.82. The lowest BCUT2D eigenvalue weighted by atomic mass is 9.93. The lowest BCUT2D eigenvalue weighted by Crippen LogP contribution is -2.53. The van der Waals surface area contributed by atoms with Gasteiger partial charge in [0, 0.05) is 26.6 Å². The third kappa shape index (κ3) is 3.71. The summed E-state index contributed by atoms with van der Waals surface area (Å²) in [5, 5.41) is 19.7. The smallest absolute Gasteiger partial charge is 0.326 e. The van der Waals surface area contributed by atoms with Crippen molar-refractivity contribution < 1.29 is 14.7 Å². The molecule has 2 amide bonds. The molecule has 0 radical (unpaired) electrons. The third-order valence-corrected chi connectivity index (χ3v) is 3.84. The highest BCUT2D eigenvalue weighted by Crippen LogP contribution is 2.22. The van der Waals surface area contributed by atoms with Gasteiger partial charge in [-0.15, -0.1) is 10.2 Å². The normalized spacial score (nSPS) is 22.1. The quantitative estimate of drug-likeness (QED) is 0.829. The number of hydrogen-bond acceptors (Lipinski definition) is 4. The number of carboxylic acids is 1. The second-order valence-electron chi connectivity index (χ2n) is 5.52. The number of nitrogens with one attached hydrogen (secondary N) is 1. The molecule has 2 N–H and O–H groups in total. The van der Waals surface area contributed by atoms with Crippen molar-refractivity contribution in [3.05, 3.63) is 12.2 Å². The van der Waals surface area contributed by atoms with Crippen molar-refractivity contribution in [1.82, 2.24) is 25.0 Å². The number of aryl methyl sites for hydroxylation is 1. The van der Waals surface area contributed by atoms with Crippen molar-refractivity contribution in [2.45, 2.75) is 32.2 Å². The molecule has 8 nitrogen and oxygen atoms in total. The molecule has 1 aromatic rings. The summed E-state index contributed by atoms with van der Waals surface area (Å²) in [7, 11) is 1.84. The third-order valence-electron chi connectivity index (χ3n) is 3.84. The Bertz CT molecular complexity index is 516. The fraction of sp³-hybridized carbons (Fsp3) is 0.692. The summed E-state index contributed by atoms with van der Waals surface area (Å²) in [6.45, 7) is 2.90. The minimum absolute atomic E-state index is 0.323. The van der Waals surface area contributed by atoms with Crippen molar-refractivity contribution in [1.29, 1.82) is 0 Å². The molecule has 2 rings (SSSR count). The number of aromatic nitrogens is 3. The van der Waals surface area contributed by atoms with Crippen LogP contribution in [0, 0.1) is 5.92 Å². The Morgan fingerprint density at radius 2 is 2.29 bits per heavy atom. The zero-order valence-electron chi connectivity index (χ0n) is 12.3. The van der Waals surface area contributed by atoms with Crippen LogP contribution in [0.5, 0.6) is 0 Å². The summed E-state index contributed by atoms with van der Waals surface area (Å²) < 4.78 is 1.79. The zero-order chi connectivity index (χ0) is 15.4. The van der Waals surface area contributed by atoms with E-state index in [9.17, 15) is 14.7 Å². The molecule has 0 saturated carbocycles. The molecule has 8 heteroatoms. The van der Waals surface area contributed by atoms with E-state index in [1.807, 2.05) is 14.0 Å². The molecule has 0 spiro atoms. The van der Waals surface area contributed by atoms with Gasteiger partial charge < -0.3 is 19.9 Å². The van der Waals surface area contributed by atoms with E-state index in [1.165, 1.54) is 4.90 Å². The molecule has 1 saturated heterocycles. The number of carboxylic acid groups (broad SMARTS) is 1. The lowest BCUT2D eigenvalue weighted by molar-refractivity contribution is -0.143. The van der Waals surface area contributed by atoms with Crippen LogP contribution in [0.2, 0.25) is 0 Å². The lowest BCUT2D eigenvalue weighted by Gasteiger charge is -2.35. The molecule has 0 aromatic carbocycles. The van der Waals surface area contributed by atoms with Crippen molar-refractivity contribution in [2.75, 3.05) is 13.1 Å². The van der Waals surface area contributed by atoms with Gasteiger partial charge in [0.15, 0.2) is 0 Å². The van der Waals surface area contributed by atoms with E-state index in [-0.39, 0.29) is 6.03 Å². The van der Waals surface area contributed by atoms with E-state index in [2.05, 4.69) is 15.5 Å². The maximum atomic E-state index is 12.1. The predicted octanol–water partition coefficient (Wildman–Crippen LogP) is 0.252. The van der Waals surface area contributed by atoms with E-state index in [1.54, 1.807) is 10.9 Å².